The van der Waals surface area contributed by atoms with Gasteiger partial charge in [0.2, 0.25) is 0 Å². The van der Waals surface area contributed by atoms with Crippen molar-refractivity contribution < 1.29 is 14.4 Å². The summed E-state index contributed by atoms with van der Waals surface area (Å²) in [5.74, 6) is -0.744. The number of carbonyl (C=O) groups excluding carboxylic acids is 1. The number of fused-ring (bicyclic) bond motifs is 1. The Bertz CT molecular complexity index is 670. The molecule has 5 nitrogen and oxygen atoms in total. The number of nitrogens with zero attached hydrogens (tertiary/aromatic N) is 2. The summed E-state index contributed by atoms with van der Waals surface area (Å²) in [5.41, 5.74) is 1.79. The number of nitrogens with one attached hydrogen (secondary N) is 1. The van der Waals surface area contributed by atoms with Crippen molar-refractivity contribution in [2.45, 2.75) is 6.42 Å². The van der Waals surface area contributed by atoms with Crippen molar-refractivity contribution in [1.29, 1.82) is 0 Å². The molecular formula is C15H14FN3O2. The van der Waals surface area contributed by atoms with E-state index in [1.807, 2.05) is 0 Å². The molecule has 6 heteroatoms. The Morgan fingerprint density at radius 1 is 1.62 bits per heavy atom. The molecule has 2 N–H and O–H groups in total. The molecule has 1 saturated heterocycles. The van der Waals surface area contributed by atoms with Gasteiger partial charge in [0.05, 0.1) is 23.2 Å². The Balaban J connectivity index is 2.04. The molecule has 3 aliphatic heterocycles. The van der Waals surface area contributed by atoms with E-state index in [1.165, 1.54) is 12.3 Å². The van der Waals surface area contributed by atoms with E-state index >= 15 is 0 Å². The van der Waals surface area contributed by atoms with Gasteiger partial charge in [-0.25, -0.2) is 9.45 Å². The van der Waals surface area contributed by atoms with Crippen LogP contribution >= 0.6 is 0 Å². The van der Waals surface area contributed by atoms with Crippen molar-refractivity contribution in [1.82, 2.24) is 10.4 Å². The number of hydrogen-bond donors (Lipinski definition) is 2. The van der Waals surface area contributed by atoms with Gasteiger partial charge in [-0.2, -0.15) is 0 Å². The minimum Gasteiger partial charge on any atom is -0.351 e. The molecule has 1 amide bonds. The zero-order valence-corrected chi connectivity index (χ0v) is 11.2. The highest BCUT2D eigenvalue weighted by atomic mass is 19.1. The molecule has 0 unspecified atom stereocenters. The third-order valence-corrected chi connectivity index (χ3v) is 3.56. The van der Waals surface area contributed by atoms with Gasteiger partial charge in [0.15, 0.2) is 5.83 Å². The number of amides is 1. The van der Waals surface area contributed by atoms with Gasteiger partial charge < -0.3 is 5.32 Å². The van der Waals surface area contributed by atoms with E-state index < -0.39 is 5.83 Å². The number of piperidine rings is 1. The van der Waals surface area contributed by atoms with Gasteiger partial charge in [-0.3, -0.25) is 15.0 Å². The molecule has 0 spiro atoms. The Morgan fingerprint density at radius 3 is 3.14 bits per heavy atom. The molecule has 0 aromatic rings. The van der Waals surface area contributed by atoms with Crippen molar-refractivity contribution in [2.75, 3.05) is 6.54 Å². The number of hydrogen-bond acceptors (Lipinski definition) is 4. The quantitative estimate of drug-likeness (QED) is 0.763. The number of halogens is 1. The van der Waals surface area contributed by atoms with Crippen LogP contribution in [0.4, 0.5) is 4.39 Å². The lowest BCUT2D eigenvalue weighted by Crippen LogP contribution is -2.42. The van der Waals surface area contributed by atoms with Gasteiger partial charge in [0, 0.05) is 24.2 Å². The summed E-state index contributed by atoms with van der Waals surface area (Å²) in [5, 5.41) is 12.6. The largest absolute Gasteiger partial charge is 0.351 e. The molecule has 0 aromatic heterocycles. The molecule has 108 valence electrons. The highest BCUT2D eigenvalue weighted by molar-refractivity contribution is 6.26. The fourth-order valence-electron chi connectivity index (χ4n) is 2.53. The van der Waals surface area contributed by atoms with Gasteiger partial charge in [0.25, 0.3) is 5.91 Å². The lowest BCUT2D eigenvalue weighted by Gasteiger charge is -2.23. The molecule has 0 saturated carbocycles. The Morgan fingerprint density at radius 2 is 2.43 bits per heavy atom. The molecule has 0 aromatic carbocycles. The molecule has 0 aliphatic carbocycles. The summed E-state index contributed by atoms with van der Waals surface area (Å²) in [6.45, 7) is 4.21. The van der Waals surface area contributed by atoms with Crippen molar-refractivity contribution in [3.05, 3.63) is 59.9 Å². The van der Waals surface area contributed by atoms with Crippen LogP contribution < -0.4 is 5.32 Å². The monoisotopic (exact) mass is 287 g/mol. The third kappa shape index (κ3) is 2.34. The highest BCUT2D eigenvalue weighted by Gasteiger charge is 2.33. The van der Waals surface area contributed by atoms with Crippen LogP contribution in [0.5, 0.6) is 0 Å². The van der Waals surface area contributed by atoms with E-state index in [-0.39, 0.29) is 17.4 Å². The van der Waals surface area contributed by atoms with Gasteiger partial charge >= 0.3 is 0 Å². The normalized spacial score (nSPS) is 27.7. The van der Waals surface area contributed by atoms with Crippen LogP contribution in [0.1, 0.15) is 6.42 Å². The maximum absolute atomic E-state index is 13.9. The first-order valence-corrected chi connectivity index (χ1v) is 6.57. The second-order valence-corrected chi connectivity index (χ2v) is 4.96. The maximum atomic E-state index is 13.9. The SMILES string of the molecule is C=CC[C@H]1CNC(=O)C2=CC(=C3C=CN(O)C=C3F)N=C21. The summed E-state index contributed by atoms with van der Waals surface area (Å²) < 4.78 is 13.9. The Kier molecular flexibility index (Phi) is 3.31. The second kappa shape index (κ2) is 5.14. The lowest BCUT2D eigenvalue weighted by molar-refractivity contribution is -0.117. The average Bonchev–Trinajstić information content (AvgIpc) is 2.88. The van der Waals surface area contributed by atoms with E-state index in [1.54, 1.807) is 12.2 Å². The van der Waals surface area contributed by atoms with Crippen molar-refractivity contribution in [3.63, 3.8) is 0 Å². The van der Waals surface area contributed by atoms with Gasteiger partial charge in [-0.05, 0) is 18.6 Å². The van der Waals surface area contributed by atoms with Crippen molar-refractivity contribution in [3.8, 4) is 0 Å². The fourth-order valence-corrected chi connectivity index (χ4v) is 2.53. The van der Waals surface area contributed by atoms with E-state index in [0.717, 1.165) is 6.20 Å². The summed E-state index contributed by atoms with van der Waals surface area (Å²) >= 11 is 0. The number of allylic oxidation sites excluding steroid dienone is 5. The standard InChI is InChI=1S/C15H14FN3O2/c1-2-3-9-7-17-15(20)11-6-13(18-14(9)11)10-4-5-19(21)8-12(10)16/h2,4-6,8-9,21H,1,3,7H2,(H,17,20)/t9-/m0/s1. The average molecular weight is 287 g/mol. The highest BCUT2D eigenvalue weighted by Crippen LogP contribution is 2.31. The van der Waals surface area contributed by atoms with E-state index in [4.69, 9.17) is 0 Å². The van der Waals surface area contributed by atoms with Crippen LogP contribution in [0, 0.1) is 5.92 Å². The topological polar surface area (TPSA) is 64.9 Å². The molecule has 1 atom stereocenters. The van der Waals surface area contributed by atoms with Gasteiger partial charge in [-0.15, -0.1) is 6.58 Å². The smallest absolute Gasteiger partial charge is 0.253 e. The number of rotatable bonds is 2. The maximum Gasteiger partial charge on any atom is 0.253 e. The van der Waals surface area contributed by atoms with Crippen LogP contribution in [0.25, 0.3) is 0 Å². The first kappa shape index (κ1) is 13.5. The van der Waals surface area contributed by atoms with Gasteiger partial charge in [0.1, 0.15) is 0 Å². The summed E-state index contributed by atoms with van der Waals surface area (Å²) in [7, 11) is 0. The van der Waals surface area contributed by atoms with E-state index in [0.29, 0.717) is 35.0 Å². The number of aliphatic imine (C=N–C) groups is 1. The van der Waals surface area contributed by atoms with Crippen LogP contribution in [0.3, 0.4) is 0 Å². The minimum absolute atomic E-state index is 0.0542. The molecular weight excluding hydrogens is 273 g/mol. The van der Waals surface area contributed by atoms with Crippen LogP contribution in [-0.4, -0.2) is 28.4 Å². The molecule has 0 bridgehead atoms. The second-order valence-electron chi connectivity index (χ2n) is 4.96. The van der Waals surface area contributed by atoms with Crippen LogP contribution in [0.15, 0.2) is 64.9 Å². The summed E-state index contributed by atoms with van der Waals surface area (Å²) in [6, 6.07) is 0. The fraction of sp³-hybridized carbons (Fsp3) is 0.200. The number of carbonyl (C=O) groups is 1. The predicted octanol–water partition coefficient (Wildman–Crippen LogP) is 1.97. The predicted molar refractivity (Wildman–Crippen MR) is 75.8 cm³/mol. The molecule has 3 aliphatic rings. The zero-order chi connectivity index (χ0) is 15.0. The van der Waals surface area contributed by atoms with Crippen LogP contribution in [0.2, 0.25) is 0 Å². The summed E-state index contributed by atoms with van der Waals surface area (Å²) in [6.07, 6.45) is 7.73. The van der Waals surface area contributed by atoms with Crippen LogP contribution in [-0.2, 0) is 4.79 Å². The Hall–Kier alpha value is -2.47. The van der Waals surface area contributed by atoms with E-state index in [2.05, 4.69) is 16.9 Å². The first-order chi connectivity index (χ1) is 10.1. The number of hydroxylamine groups is 2. The molecule has 21 heavy (non-hydrogen) atoms. The minimum atomic E-state index is -0.601. The zero-order valence-electron chi connectivity index (χ0n) is 11.2. The van der Waals surface area contributed by atoms with Crippen molar-refractivity contribution >= 4 is 11.6 Å². The first-order valence-electron chi connectivity index (χ1n) is 6.57. The summed E-state index contributed by atoms with van der Waals surface area (Å²) in [4.78, 5) is 16.3. The Labute approximate surface area is 121 Å². The third-order valence-electron chi connectivity index (χ3n) is 3.56. The molecule has 3 rings (SSSR count). The van der Waals surface area contributed by atoms with E-state index in [9.17, 15) is 14.4 Å². The molecule has 3 heterocycles. The molecule has 1 fully saturated rings. The van der Waals surface area contributed by atoms with Gasteiger partial charge in [-0.1, -0.05) is 6.08 Å². The molecule has 0 radical (unpaired) electrons. The lowest BCUT2D eigenvalue weighted by atomic mass is 9.90. The van der Waals surface area contributed by atoms with Crippen molar-refractivity contribution in [2.24, 2.45) is 10.9 Å².